The monoisotopic (exact) mass is 325 g/mol. The number of methoxy groups -OCH3 is 1. The highest BCUT2D eigenvalue weighted by atomic mass is 19.4. The zero-order chi connectivity index (χ0) is 17.0. The summed E-state index contributed by atoms with van der Waals surface area (Å²) in [7, 11) is 1.30. The molecule has 0 heterocycles. The van der Waals surface area contributed by atoms with Crippen LogP contribution in [0, 0.1) is 0 Å². The van der Waals surface area contributed by atoms with E-state index in [2.05, 4.69) is 10.6 Å². The van der Waals surface area contributed by atoms with E-state index < -0.39 is 17.8 Å². The topological polar surface area (TPSA) is 76.4 Å². The van der Waals surface area contributed by atoms with Crippen LogP contribution in [0.15, 0.2) is 42.5 Å². The minimum atomic E-state index is -4.52. The molecule has 0 spiro atoms. The average Bonchev–Trinajstić information content (AvgIpc) is 2.48. The number of nitrogens with two attached hydrogens (primary N) is 1. The first-order valence-corrected chi connectivity index (χ1v) is 6.48. The number of halogens is 3. The number of anilines is 3. The molecule has 0 aliphatic rings. The predicted molar refractivity (Wildman–Crippen MR) is 81.5 cm³/mol. The van der Waals surface area contributed by atoms with Gasteiger partial charge in [-0.2, -0.15) is 13.2 Å². The van der Waals surface area contributed by atoms with Gasteiger partial charge in [0.1, 0.15) is 5.75 Å². The van der Waals surface area contributed by atoms with Crippen molar-refractivity contribution < 1.29 is 22.7 Å². The van der Waals surface area contributed by atoms with E-state index in [0.29, 0.717) is 11.4 Å². The number of alkyl halides is 3. The number of carbonyl (C=O) groups is 1. The minimum Gasteiger partial charge on any atom is -0.495 e. The van der Waals surface area contributed by atoms with E-state index in [1.54, 1.807) is 24.3 Å². The van der Waals surface area contributed by atoms with Crippen molar-refractivity contribution in [1.82, 2.24) is 0 Å². The van der Waals surface area contributed by atoms with Crippen molar-refractivity contribution >= 4 is 23.1 Å². The molecule has 2 amide bonds. The minimum absolute atomic E-state index is 0.0877. The summed E-state index contributed by atoms with van der Waals surface area (Å²) in [5.41, 5.74) is 5.52. The molecule has 0 bridgehead atoms. The van der Waals surface area contributed by atoms with Gasteiger partial charge in [-0.25, -0.2) is 4.79 Å². The Bertz CT molecular complexity index is 700. The summed E-state index contributed by atoms with van der Waals surface area (Å²) in [6.45, 7) is 0. The molecule has 8 heteroatoms. The molecule has 0 saturated heterocycles. The van der Waals surface area contributed by atoms with Crippen LogP contribution in [0.3, 0.4) is 0 Å². The van der Waals surface area contributed by atoms with E-state index in [1.807, 2.05) is 0 Å². The summed E-state index contributed by atoms with van der Waals surface area (Å²) in [6.07, 6.45) is -4.52. The van der Waals surface area contributed by atoms with Crippen LogP contribution in [0.25, 0.3) is 0 Å². The Morgan fingerprint density at radius 2 is 1.74 bits per heavy atom. The lowest BCUT2D eigenvalue weighted by Crippen LogP contribution is -2.20. The fraction of sp³-hybridized carbons (Fsp3) is 0.133. The summed E-state index contributed by atoms with van der Waals surface area (Å²) in [5.74, 6) is 0.116. The van der Waals surface area contributed by atoms with Crippen molar-refractivity contribution in [2.45, 2.75) is 6.18 Å². The van der Waals surface area contributed by atoms with Crippen LogP contribution in [0.2, 0.25) is 0 Å². The van der Waals surface area contributed by atoms with Gasteiger partial charge in [-0.3, -0.25) is 0 Å². The molecule has 2 aromatic rings. The molecule has 23 heavy (non-hydrogen) atoms. The van der Waals surface area contributed by atoms with Gasteiger partial charge in [0.15, 0.2) is 0 Å². The molecule has 0 unspecified atom stereocenters. The van der Waals surface area contributed by atoms with Gasteiger partial charge in [-0.15, -0.1) is 0 Å². The van der Waals surface area contributed by atoms with Gasteiger partial charge in [0.2, 0.25) is 0 Å². The number of nitrogen functional groups attached to an aromatic ring is 1. The first kappa shape index (κ1) is 16.5. The Morgan fingerprint density at radius 1 is 1.09 bits per heavy atom. The summed E-state index contributed by atoms with van der Waals surface area (Å²) in [6, 6.07) is 8.43. The Balaban J connectivity index is 2.17. The van der Waals surface area contributed by atoms with Gasteiger partial charge in [0.05, 0.1) is 18.4 Å². The third-order valence-electron chi connectivity index (χ3n) is 2.94. The number of hydrogen-bond acceptors (Lipinski definition) is 3. The molecule has 0 radical (unpaired) electrons. The molecule has 122 valence electrons. The Hall–Kier alpha value is -2.90. The molecule has 0 atom stereocenters. The van der Waals surface area contributed by atoms with E-state index in [9.17, 15) is 18.0 Å². The second kappa shape index (κ2) is 6.47. The Kier molecular flexibility index (Phi) is 4.63. The van der Waals surface area contributed by atoms with Gasteiger partial charge in [0, 0.05) is 11.4 Å². The lowest BCUT2D eigenvalue weighted by Gasteiger charge is -2.14. The van der Waals surface area contributed by atoms with E-state index in [1.165, 1.54) is 7.11 Å². The van der Waals surface area contributed by atoms with Crippen molar-refractivity contribution in [1.29, 1.82) is 0 Å². The van der Waals surface area contributed by atoms with Crippen molar-refractivity contribution in [3.8, 4) is 5.75 Å². The highest BCUT2D eigenvalue weighted by molar-refractivity contribution is 6.00. The first-order valence-electron chi connectivity index (χ1n) is 6.48. The number of carbonyl (C=O) groups excluding carboxylic acids is 1. The summed E-state index contributed by atoms with van der Waals surface area (Å²) < 4.78 is 43.2. The number of nitrogens with one attached hydrogen (secondary N) is 2. The third kappa shape index (κ3) is 4.29. The number of benzene rings is 2. The molecular formula is C15H14F3N3O2. The summed E-state index contributed by atoms with van der Waals surface area (Å²) in [5, 5.41) is 4.82. The maximum absolute atomic E-state index is 12.7. The molecule has 0 saturated carbocycles. The highest BCUT2D eigenvalue weighted by Gasteiger charge is 2.31. The predicted octanol–water partition coefficient (Wildman–Crippen LogP) is 3.94. The van der Waals surface area contributed by atoms with Gasteiger partial charge in [-0.1, -0.05) is 0 Å². The first-order chi connectivity index (χ1) is 10.8. The zero-order valence-electron chi connectivity index (χ0n) is 12.1. The smallest absolute Gasteiger partial charge is 0.416 e. The number of urea groups is 1. The zero-order valence-corrected chi connectivity index (χ0v) is 12.1. The summed E-state index contributed by atoms with van der Waals surface area (Å²) in [4.78, 5) is 11.9. The average molecular weight is 325 g/mol. The molecule has 0 fully saturated rings. The van der Waals surface area contributed by atoms with Crippen LogP contribution in [-0.2, 0) is 6.18 Å². The molecule has 5 nitrogen and oxygen atoms in total. The van der Waals surface area contributed by atoms with E-state index in [0.717, 1.165) is 18.2 Å². The van der Waals surface area contributed by atoms with Crippen molar-refractivity contribution in [2.24, 2.45) is 0 Å². The largest absolute Gasteiger partial charge is 0.495 e. The van der Waals surface area contributed by atoms with Crippen LogP contribution >= 0.6 is 0 Å². The fourth-order valence-corrected chi connectivity index (χ4v) is 1.83. The number of hydrogen-bond donors (Lipinski definition) is 3. The third-order valence-corrected chi connectivity index (χ3v) is 2.94. The SMILES string of the molecule is COc1ccc(C(F)(F)F)cc1NC(=O)Nc1ccc(N)cc1. The van der Waals surface area contributed by atoms with Gasteiger partial charge < -0.3 is 21.1 Å². The summed E-state index contributed by atoms with van der Waals surface area (Å²) >= 11 is 0. The van der Waals surface area contributed by atoms with Crippen LogP contribution in [0.1, 0.15) is 5.56 Å². The molecule has 0 aliphatic heterocycles. The Morgan fingerprint density at radius 3 is 2.30 bits per heavy atom. The highest BCUT2D eigenvalue weighted by Crippen LogP contribution is 2.34. The molecule has 2 rings (SSSR count). The lowest BCUT2D eigenvalue weighted by molar-refractivity contribution is -0.137. The van der Waals surface area contributed by atoms with Crippen LogP contribution < -0.4 is 21.1 Å². The molecular weight excluding hydrogens is 311 g/mol. The van der Waals surface area contributed by atoms with E-state index in [-0.39, 0.29) is 11.4 Å². The molecule has 0 aliphatic carbocycles. The number of rotatable bonds is 3. The second-order valence-corrected chi connectivity index (χ2v) is 4.61. The number of amides is 2. The molecule has 4 N–H and O–H groups in total. The van der Waals surface area contributed by atoms with Gasteiger partial charge in [-0.05, 0) is 42.5 Å². The van der Waals surface area contributed by atoms with E-state index >= 15 is 0 Å². The van der Waals surface area contributed by atoms with Crippen molar-refractivity contribution in [2.75, 3.05) is 23.5 Å². The van der Waals surface area contributed by atoms with Gasteiger partial charge in [0.25, 0.3) is 0 Å². The van der Waals surface area contributed by atoms with Gasteiger partial charge >= 0.3 is 12.2 Å². The van der Waals surface area contributed by atoms with Crippen LogP contribution in [-0.4, -0.2) is 13.1 Å². The Labute approximate surface area is 130 Å². The molecule has 0 aromatic heterocycles. The quantitative estimate of drug-likeness (QED) is 0.748. The standard InChI is InChI=1S/C15H14F3N3O2/c1-23-13-7-2-9(15(16,17)18)8-12(13)21-14(22)20-11-5-3-10(19)4-6-11/h2-8H,19H2,1H3,(H2,20,21,22). The maximum atomic E-state index is 12.7. The van der Waals surface area contributed by atoms with Crippen molar-refractivity contribution in [3.05, 3.63) is 48.0 Å². The number of ether oxygens (including phenoxy) is 1. The van der Waals surface area contributed by atoms with Crippen LogP contribution in [0.5, 0.6) is 5.75 Å². The second-order valence-electron chi connectivity index (χ2n) is 4.61. The van der Waals surface area contributed by atoms with Crippen molar-refractivity contribution in [3.63, 3.8) is 0 Å². The molecule has 2 aromatic carbocycles. The van der Waals surface area contributed by atoms with E-state index in [4.69, 9.17) is 10.5 Å². The fourth-order valence-electron chi connectivity index (χ4n) is 1.83. The normalized spacial score (nSPS) is 11.0. The maximum Gasteiger partial charge on any atom is 0.416 e. The van der Waals surface area contributed by atoms with Crippen LogP contribution in [0.4, 0.5) is 35.0 Å². The lowest BCUT2D eigenvalue weighted by atomic mass is 10.2.